The summed E-state index contributed by atoms with van der Waals surface area (Å²) in [4.78, 5) is 18.0. The fraction of sp³-hybridized carbons (Fsp3) is 0.385. The number of hydrogen-bond donors (Lipinski definition) is 2. The Labute approximate surface area is 114 Å². The molecule has 0 saturated heterocycles. The minimum Gasteiger partial charge on any atom is -0.368 e. The summed E-state index contributed by atoms with van der Waals surface area (Å²) in [6.45, 7) is 2.43. The standard InChI is InChI=1S/C13H20N3O2P/c1-3-19-9-10-4-5-11(8-12(10)15-19)16(2)13(17)6-7-18-14/h4-5,8-9,15,19H,3,6-7,14H2,1-2H3. The molecule has 104 valence electrons. The number of carbonyl (C=O) groups is 1. The first kappa shape index (κ1) is 14.1. The second-order valence-electron chi connectivity index (χ2n) is 4.49. The van der Waals surface area contributed by atoms with Crippen LogP contribution >= 0.6 is 7.70 Å². The lowest BCUT2D eigenvalue weighted by atomic mass is 10.1. The lowest BCUT2D eigenvalue weighted by molar-refractivity contribution is -0.119. The van der Waals surface area contributed by atoms with Gasteiger partial charge in [0.25, 0.3) is 0 Å². The van der Waals surface area contributed by atoms with Crippen LogP contribution in [-0.4, -0.2) is 31.5 Å². The van der Waals surface area contributed by atoms with Crippen LogP contribution in [-0.2, 0) is 9.63 Å². The smallest absolute Gasteiger partial charge is 0.229 e. The van der Waals surface area contributed by atoms with Crippen molar-refractivity contribution in [3.05, 3.63) is 23.8 Å². The van der Waals surface area contributed by atoms with Gasteiger partial charge in [0.2, 0.25) is 5.91 Å². The van der Waals surface area contributed by atoms with Crippen molar-refractivity contribution in [2.45, 2.75) is 13.3 Å². The molecule has 19 heavy (non-hydrogen) atoms. The van der Waals surface area contributed by atoms with Gasteiger partial charge in [-0.3, -0.25) is 4.79 Å². The maximum Gasteiger partial charge on any atom is 0.229 e. The largest absolute Gasteiger partial charge is 0.368 e. The number of nitrogens with one attached hydrogen (secondary N) is 1. The van der Waals surface area contributed by atoms with Gasteiger partial charge in [0.15, 0.2) is 0 Å². The van der Waals surface area contributed by atoms with Crippen molar-refractivity contribution in [3.63, 3.8) is 0 Å². The molecule has 1 aromatic carbocycles. The van der Waals surface area contributed by atoms with E-state index in [9.17, 15) is 4.79 Å². The van der Waals surface area contributed by atoms with Gasteiger partial charge < -0.3 is 14.8 Å². The number of hydrogen-bond acceptors (Lipinski definition) is 4. The molecule has 0 saturated carbocycles. The molecule has 0 aromatic heterocycles. The van der Waals surface area contributed by atoms with Crippen LogP contribution in [0.3, 0.4) is 0 Å². The first-order valence-electron chi connectivity index (χ1n) is 6.35. The summed E-state index contributed by atoms with van der Waals surface area (Å²) < 4.78 is 0. The molecular weight excluding hydrogens is 261 g/mol. The number of carbonyl (C=O) groups excluding carboxylic acids is 1. The monoisotopic (exact) mass is 281 g/mol. The maximum atomic E-state index is 11.9. The van der Waals surface area contributed by atoms with Crippen LogP contribution in [0.1, 0.15) is 18.9 Å². The van der Waals surface area contributed by atoms with Crippen molar-refractivity contribution in [2.75, 3.05) is 29.8 Å². The van der Waals surface area contributed by atoms with Crippen molar-refractivity contribution in [3.8, 4) is 0 Å². The van der Waals surface area contributed by atoms with Crippen LogP contribution in [0.25, 0.3) is 0 Å². The second-order valence-corrected chi connectivity index (χ2v) is 6.79. The van der Waals surface area contributed by atoms with Crippen molar-refractivity contribution in [2.24, 2.45) is 5.90 Å². The maximum absolute atomic E-state index is 11.9. The predicted octanol–water partition coefficient (Wildman–Crippen LogP) is 1.65. The van der Waals surface area contributed by atoms with Gasteiger partial charge in [-0.15, -0.1) is 0 Å². The average Bonchev–Trinajstić information content (AvgIpc) is 2.85. The Bertz CT molecular complexity index is 517. The van der Waals surface area contributed by atoms with Gasteiger partial charge in [0.1, 0.15) is 0 Å². The highest BCUT2D eigenvalue weighted by Crippen LogP contribution is 2.36. The van der Waals surface area contributed by atoms with Crippen LogP contribution < -0.4 is 15.9 Å². The van der Waals surface area contributed by atoms with E-state index in [-0.39, 0.29) is 18.9 Å². The van der Waals surface area contributed by atoms with Crippen molar-refractivity contribution in [1.82, 2.24) is 0 Å². The topological polar surface area (TPSA) is 67.6 Å². The van der Waals surface area contributed by atoms with E-state index in [0.717, 1.165) is 17.5 Å². The molecular formula is C13H20N3O2P. The molecule has 3 N–H and O–H groups in total. The van der Waals surface area contributed by atoms with Crippen LogP contribution in [0, 0.1) is 0 Å². The van der Waals surface area contributed by atoms with E-state index in [1.807, 2.05) is 12.1 Å². The van der Waals surface area contributed by atoms with Gasteiger partial charge in [-0.2, -0.15) is 0 Å². The molecule has 2 rings (SSSR count). The molecule has 1 atom stereocenters. The van der Waals surface area contributed by atoms with Gasteiger partial charge in [-0.25, -0.2) is 5.90 Å². The van der Waals surface area contributed by atoms with Gasteiger partial charge in [-0.1, -0.05) is 13.0 Å². The Kier molecular flexibility index (Phi) is 4.64. The molecule has 1 aromatic rings. The number of nitrogens with two attached hydrogens (primary N) is 1. The van der Waals surface area contributed by atoms with E-state index in [1.165, 1.54) is 5.56 Å². The number of amides is 1. The molecule has 6 heteroatoms. The third kappa shape index (κ3) is 3.18. The third-order valence-corrected chi connectivity index (χ3v) is 5.25. The van der Waals surface area contributed by atoms with Gasteiger partial charge >= 0.3 is 0 Å². The lowest BCUT2D eigenvalue weighted by Gasteiger charge is -2.18. The Morgan fingerprint density at radius 2 is 2.32 bits per heavy atom. The van der Waals surface area contributed by atoms with Crippen LogP contribution in [0.2, 0.25) is 0 Å². The fourth-order valence-corrected chi connectivity index (χ4v) is 3.67. The predicted molar refractivity (Wildman–Crippen MR) is 82.3 cm³/mol. The van der Waals surface area contributed by atoms with E-state index in [2.05, 4.69) is 28.7 Å². The second kappa shape index (κ2) is 6.24. The third-order valence-electron chi connectivity index (χ3n) is 3.24. The number of nitrogens with zero attached hydrogens (tertiary/aromatic N) is 1. The average molecular weight is 281 g/mol. The number of rotatable bonds is 5. The van der Waals surface area contributed by atoms with Gasteiger partial charge in [0, 0.05) is 18.4 Å². The first-order valence-corrected chi connectivity index (χ1v) is 8.14. The first-order chi connectivity index (χ1) is 9.15. The highest BCUT2D eigenvalue weighted by molar-refractivity contribution is 7.60. The van der Waals surface area contributed by atoms with Crippen molar-refractivity contribution < 1.29 is 9.63 Å². The molecule has 0 radical (unpaired) electrons. The number of benzene rings is 1. The van der Waals surface area contributed by atoms with E-state index in [4.69, 9.17) is 5.90 Å². The Morgan fingerprint density at radius 1 is 1.53 bits per heavy atom. The number of anilines is 2. The normalized spacial score (nSPS) is 16.5. The quantitative estimate of drug-likeness (QED) is 0.636. The summed E-state index contributed by atoms with van der Waals surface area (Å²) in [6.07, 6.45) is 1.44. The molecule has 0 aliphatic carbocycles. The van der Waals surface area contributed by atoms with E-state index < -0.39 is 7.70 Å². The van der Waals surface area contributed by atoms with Crippen molar-refractivity contribution in [1.29, 1.82) is 0 Å². The summed E-state index contributed by atoms with van der Waals surface area (Å²) in [6, 6.07) is 6.06. The van der Waals surface area contributed by atoms with E-state index >= 15 is 0 Å². The molecule has 5 nitrogen and oxygen atoms in total. The van der Waals surface area contributed by atoms with E-state index in [0.29, 0.717) is 0 Å². The van der Waals surface area contributed by atoms with Gasteiger partial charge in [-0.05, 0) is 37.4 Å². The molecule has 0 bridgehead atoms. The van der Waals surface area contributed by atoms with Gasteiger partial charge in [0.05, 0.1) is 13.0 Å². The van der Waals surface area contributed by atoms with Crippen LogP contribution in [0.4, 0.5) is 11.4 Å². The summed E-state index contributed by atoms with van der Waals surface area (Å²) in [5.74, 6) is 7.25. The molecule has 1 aliphatic heterocycles. The minimum atomic E-state index is -0.599. The molecule has 0 spiro atoms. The Hall–Kier alpha value is -1.29. The fourth-order valence-electron chi connectivity index (χ4n) is 2.03. The Morgan fingerprint density at radius 3 is 3.00 bits per heavy atom. The zero-order valence-corrected chi connectivity index (χ0v) is 12.3. The lowest BCUT2D eigenvalue weighted by Crippen LogP contribution is -2.27. The highest BCUT2D eigenvalue weighted by atomic mass is 31.1. The van der Waals surface area contributed by atoms with E-state index in [1.54, 1.807) is 11.9 Å². The minimum absolute atomic E-state index is 0.00611. The van der Waals surface area contributed by atoms with Crippen LogP contribution in [0.5, 0.6) is 0 Å². The molecule has 1 aliphatic rings. The zero-order valence-electron chi connectivity index (χ0n) is 11.3. The summed E-state index contributed by atoms with van der Waals surface area (Å²) >= 11 is 0. The zero-order chi connectivity index (χ0) is 13.8. The molecule has 1 heterocycles. The summed E-state index contributed by atoms with van der Waals surface area (Å²) in [7, 11) is 1.17. The molecule has 1 amide bonds. The molecule has 0 fully saturated rings. The summed E-state index contributed by atoms with van der Waals surface area (Å²) in [5, 5.41) is 3.53. The molecule has 1 unspecified atom stereocenters. The highest BCUT2D eigenvalue weighted by Gasteiger charge is 2.15. The summed E-state index contributed by atoms with van der Waals surface area (Å²) in [5.41, 5.74) is 3.26. The SMILES string of the molecule is CC[PH]1=Cc2ccc(N(C)C(=O)CCON)cc2N1. The number of fused-ring (bicyclic) bond motifs is 1. The van der Waals surface area contributed by atoms with Crippen molar-refractivity contribution >= 4 is 30.8 Å². The Balaban J connectivity index is 2.10. The van der Waals surface area contributed by atoms with Crippen LogP contribution in [0.15, 0.2) is 18.2 Å².